The molecule has 0 aliphatic carbocycles. The number of hydrogen-bond donors (Lipinski definition) is 2. The quantitative estimate of drug-likeness (QED) is 0.547. The molecule has 0 spiro atoms. The number of carbonyl (C=O) groups excluding carboxylic acids is 1. The fourth-order valence-electron chi connectivity index (χ4n) is 1.08. The molecule has 1 rings (SSSR count). The summed E-state index contributed by atoms with van der Waals surface area (Å²) in [6, 6.07) is 0. The molecule has 4 nitrogen and oxygen atoms in total. The average molecular weight is 158 g/mol. The van der Waals surface area contributed by atoms with Gasteiger partial charge in [0.1, 0.15) is 0 Å². The van der Waals surface area contributed by atoms with Crippen LogP contribution in [-0.4, -0.2) is 25.1 Å². The third-order valence-electron chi connectivity index (χ3n) is 1.66. The Morgan fingerprint density at radius 2 is 2.18 bits per heavy atom. The lowest BCUT2D eigenvalue weighted by molar-refractivity contribution is -0.137. The molecule has 0 bridgehead atoms. The van der Waals surface area contributed by atoms with Gasteiger partial charge in [-0.1, -0.05) is 0 Å². The fraction of sp³-hybridized carbons (Fsp3) is 0.857. The standard InChI is InChI=1S/C7H14N2O2/c1-6(10)9-11-7-2-4-8-5-3-7/h7-8H,2-5H2,1H3,(H,9,10). The molecule has 0 atom stereocenters. The molecule has 1 amide bonds. The molecule has 2 N–H and O–H groups in total. The van der Waals surface area contributed by atoms with Gasteiger partial charge < -0.3 is 5.32 Å². The van der Waals surface area contributed by atoms with E-state index in [0.29, 0.717) is 0 Å². The first-order valence-electron chi connectivity index (χ1n) is 3.92. The third kappa shape index (κ3) is 3.34. The van der Waals surface area contributed by atoms with Gasteiger partial charge in [-0.05, 0) is 25.9 Å². The van der Waals surface area contributed by atoms with E-state index in [0.717, 1.165) is 25.9 Å². The summed E-state index contributed by atoms with van der Waals surface area (Å²) in [7, 11) is 0. The van der Waals surface area contributed by atoms with Crippen molar-refractivity contribution in [3.63, 3.8) is 0 Å². The lowest BCUT2D eigenvalue weighted by Gasteiger charge is -2.21. The van der Waals surface area contributed by atoms with Crippen molar-refractivity contribution in [2.75, 3.05) is 13.1 Å². The van der Waals surface area contributed by atoms with E-state index in [1.165, 1.54) is 6.92 Å². The van der Waals surface area contributed by atoms with Crippen LogP contribution in [0.25, 0.3) is 0 Å². The van der Waals surface area contributed by atoms with Gasteiger partial charge in [0.05, 0.1) is 6.10 Å². The summed E-state index contributed by atoms with van der Waals surface area (Å²) < 4.78 is 0. The van der Waals surface area contributed by atoms with E-state index >= 15 is 0 Å². The second kappa shape index (κ2) is 4.31. The zero-order valence-electron chi connectivity index (χ0n) is 6.72. The maximum Gasteiger partial charge on any atom is 0.240 e. The molecule has 0 aromatic carbocycles. The van der Waals surface area contributed by atoms with Crippen LogP contribution in [0.2, 0.25) is 0 Å². The Morgan fingerprint density at radius 3 is 2.73 bits per heavy atom. The number of amides is 1. The van der Waals surface area contributed by atoms with Crippen LogP contribution >= 0.6 is 0 Å². The Labute approximate surface area is 66.3 Å². The molecule has 1 fully saturated rings. The predicted octanol–water partition coefficient (Wildman–Crippen LogP) is -0.194. The van der Waals surface area contributed by atoms with Crippen LogP contribution in [0.1, 0.15) is 19.8 Å². The molecule has 1 heterocycles. The van der Waals surface area contributed by atoms with Gasteiger partial charge in [-0.15, -0.1) is 0 Å². The summed E-state index contributed by atoms with van der Waals surface area (Å²) >= 11 is 0. The van der Waals surface area contributed by atoms with Crippen molar-refractivity contribution in [2.24, 2.45) is 0 Å². The van der Waals surface area contributed by atoms with Crippen LogP contribution in [-0.2, 0) is 9.63 Å². The molecule has 0 unspecified atom stereocenters. The smallest absolute Gasteiger partial charge is 0.240 e. The van der Waals surface area contributed by atoms with Crippen molar-refractivity contribution in [1.29, 1.82) is 0 Å². The van der Waals surface area contributed by atoms with Gasteiger partial charge in [0.2, 0.25) is 5.91 Å². The summed E-state index contributed by atoms with van der Waals surface area (Å²) in [6.07, 6.45) is 2.14. The van der Waals surface area contributed by atoms with Gasteiger partial charge in [-0.3, -0.25) is 9.63 Å². The minimum Gasteiger partial charge on any atom is -0.317 e. The first kappa shape index (κ1) is 8.49. The van der Waals surface area contributed by atoms with E-state index in [4.69, 9.17) is 4.84 Å². The Kier molecular flexibility index (Phi) is 3.32. The first-order valence-corrected chi connectivity index (χ1v) is 3.92. The topological polar surface area (TPSA) is 50.4 Å². The number of piperidine rings is 1. The van der Waals surface area contributed by atoms with Gasteiger partial charge >= 0.3 is 0 Å². The Hall–Kier alpha value is -0.610. The number of rotatable bonds is 2. The lowest BCUT2D eigenvalue weighted by Crippen LogP contribution is -2.36. The van der Waals surface area contributed by atoms with E-state index in [-0.39, 0.29) is 12.0 Å². The monoisotopic (exact) mass is 158 g/mol. The van der Waals surface area contributed by atoms with Crippen LogP contribution < -0.4 is 10.8 Å². The fourth-order valence-corrected chi connectivity index (χ4v) is 1.08. The van der Waals surface area contributed by atoms with Gasteiger partial charge in [-0.25, -0.2) is 5.48 Å². The summed E-state index contributed by atoms with van der Waals surface area (Å²) in [5, 5.41) is 3.21. The summed E-state index contributed by atoms with van der Waals surface area (Å²) in [5.74, 6) is -0.136. The molecule has 11 heavy (non-hydrogen) atoms. The number of nitrogens with one attached hydrogen (secondary N) is 2. The zero-order chi connectivity index (χ0) is 8.10. The van der Waals surface area contributed by atoms with Crippen molar-refractivity contribution in [2.45, 2.75) is 25.9 Å². The van der Waals surface area contributed by atoms with Crippen LogP contribution in [0.4, 0.5) is 0 Å². The van der Waals surface area contributed by atoms with E-state index in [2.05, 4.69) is 10.8 Å². The molecule has 0 aromatic rings. The molecule has 4 heteroatoms. The highest BCUT2D eigenvalue weighted by Gasteiger charge is 2.13. The van der Waals surface area contributed by atoms with E-state index in [9.17, 15) is 4.79 Å². The SMILES string of the molecule is CC(=O)NOC1CCNCC1. The molecule has 64 valence electrons. The van der Waals surface area contributed by atoms with E-state index in [1.54, 1.807) is 0 Å². The minimum absolute atomic E-state index is 0.136. The number of carbonyl (C=O) groups is 1. The number of hydroxylamine groups is 1. The summed E-state index contributed by atoms with van der Waals surface area (Å²) in [5.41, 5.74) is 2.35. The van der Waals surface area contributed by atoms with E-state index < -0.39 is 0 Å². The van der Waals surface area contributed by atoms with Gasteiger partial charge in [0, 0.05) is 6.92 Å². The summed E-state index contributed by atoms with van der Waals surface area (Å²) in [4.78, 5) is 15.5. The Morgan fingerprint density at radius 1 is 1.55 bits per heavy atom. The molecular formula is C7H14N2O2. The Bertz CT molecular complexity index is 132. The largest absolute Gasteiger partial charge is 0.317 e. The second-order valence-electron chi connectivity index (χ2n) is 2.73. The molecule has 0 saturated carbocycles. The van der Waals surface area contributed by atoms with Crippen molar-refractivity contribution in [3.05, 3.63) is 0 Å². The van der Waals surface area contributed by atoms with Crippen LogP contribution in [0.3, 0.4) is 0 Å². The Balaban J connectivity index is 2.09. The van der Waals surface area contributed by atoms with Crippen molar-refractivity contribution < 1.29 is 9.63 Å². The van der Waals surface area contributed by atoms with Crippen LogP contribution in [0, 0.1) is 0 Å². The first-order chi connectivity index (χ1) is 5.29. The highest BCUT2D eigenvalue weighted by atomic mass is 16.7. The highest BCUT2D eigenvalue weighted by Crippen LogP contribution is 2.04. The van der Waals surface area contributed by atoms with E-state index in [1.807, 2.05) is 0 Å². The normalized spacial score (nSPS) is 19.7. The molecule has 0 aromatic heterocycles. The molecule has 1 saturated heterocycles. The third-order valence-corrected chi connectivity index (χ3v) is 1.66. The number of hydrogen-bond acceptors (Lipinski definition) is 3. The highest BCUT2D eigenvalue weighted by molar-refractivity contribution is 5.71. The minimum atomic E-state index is -0.136. The van der Waals surface area contributed by atoms with Crippen molar-refractivity contribution >= 4 is 5.91 Å². The van der Waals surface area contributed by atoms with Crippen molar-refractivity contribution in [3.8, 4) is 0 Å². The second-order valence-corrected chi connectivity index (χ2v) is 2.73. The maximum atomic E-state index is 10.4. The molecular weight excluding hydrogens is 144 g/mol. The van der Waals surface area contributed by atoms with Gasteiger partial charge in [0.15, 0.2) is 0 Å². The van der Waals surface area contributed by atoms with Crippen LogP contribution in [0.5, 0.6) is 0 Å². The predicted molar refractivity (Wildman–Crippen MR) is 40.8 cm³/mol. The summed E-state index contributed by atoms with van der Waals surface area (Å²) in [6.45, 7) is 3.40. The molecule has 0 radical (unpaired) electrons. The zero-order valence-corrected chi connectivity index (χ0v) is 6.72. The maximum absolute atomic E-state index is 10.4. The van der Waals surface area contributed by atoms with Gasteiger partial charge in [0.25, 0.3) is 0 Å². The molecule has 1 aliphatic heterocycles. The van der Waals surface area contributed by atoms with Crippen LogP contribution in [0.15, 0.2) is 0 Å². The van der Waals surface area contributed by atoms with Gasteiger partial charge in [-0.2, -0.15) is 0 Å². The lowest BCUT2D eigenvalue weighted by atomic mass is 10.1. The van der Waals surface area contributed by atoms with Crippen molar-refractivity contribution in [1.82, 2.24) is 10.8 Å². The molecule has 1 aliphatic rings. The average Bonchev–Trinajstić information content (AvgIpc) is 2.03.